The van der Waals surface area contributed by atoms with Gasteiger partial charge in [-0.05, 0) is 36.1 Å². The molecule has 0 nitrogen and oxygen atoms in total. The summed E-state index contributed by atoms with van der Waals surface area (Å²) in [6.07, 6.45) is 0.689. The summed E-state index contributed by atoms with van der Waals surface area (Å²) in [5.74, 6) is 1.06. The maximum atomic E-state index is 13.3. The van der Waals surface area contributed by atoms with Crippen LogP contribution < -0.4 is 0 Å². The molecule has 4 heteroatoms. The van der Waals surface area contributed by atoms with Gasteiger partial charge in [0.25, 0.3) is 0 Å². The maximum Gasteiger partial charge on any atom is 0.124 e. The van der Waals surface area contributed by atoms with Crippen LogP contribution in [0.15, 0.2) is 22.7 Å². The molecule has 1 aromatic rings. The number of hydrogen-bond donors (Lipinski definition) is 0. The van der Waals surface area contributed by atoms with Crippen molar-refractivity contribution in [1.29, 1.82) is 0 Å². The lowest BCUT2D eigenvalue weighted by atomic mass is 9.76. The second kappa shape index (κ2) is 6.40. The first-order valence-corrected chi connectivity index (χ1v) is 7.36. The van der Waals surface area contributed by atoms with Gasteiger partial charge in [-0.1, -0.05) is 29.8 Å². The average molecular weight is 342 g/mol. The van der Waals surface area contributed by atoms with Gasteiger partial charge in [0, 0.05) is 21.6 Å². The zero-order valence-electron chi connectivity index (χ0n) is 9.94. The van der Waals surface area contributed by atoms with Crippen molar-refractivity contribution >= 4 is 39.1 Å². The monoisotopic (exact) mass is 340 g/mol. The predicted molar refractivity (Wildman–Crippen MR) is 76.5 cm³/mol. The largest absolute Gasteiger partial charge is 0.207 e. The van der Waals surface area contributed by atoms with Gasteiger partial charge in [0.15, 0.2) is 0 Å². The molecule has 0 aliphatic heterocycles. The van der Waals surface area contributed by atoms with E-state index in [4.69, 9.17) is 23.2 Å². The summed E-state index contributed by atoms with van der Waals surface area (Å²) >= 11 is 15.4. The Morgan fingerprint density at radius 1 is 1.24 bits per heavy atom. The van der Waals surface area contributed by atoms with E-state index in [2.05, 4.69) is 29.8 Å². The summed E-state index contributed by atoms with van der Waals surface area (Å²) in [6, 6.07) is 4.91. The fourth-order valence-corrected chi connectivity index (χ4v) is 3.37. The van der Waals surface area contributed by atoms with Gasteiger partial charge in [-0.3, -0.25) is 0 Å². The summed E-state index contributed by atoms with van der Waals surface area (Å²) < 4.78 is 14.1. The van der Waals surface area contributed by atoms with Crippen molar-refractivity contribution in [2.24, 2.45) is 11.3 Å². The smallest absolute Gasteiger partial charge is 0.124 e. The highest BCUT2D eigenvalue weighted by Crippen LogP contribution is 2.35. The van der Waals surface area contributed by atoms with Crippen molar-refractivity contribution in [3.05, 3.63) is 34.1 Å². The molecule has 0 heterocycles. The molecular formula is C13H16BrCl2F. The summed E-state index contributed by atoms with van der Waals surface area (Å²) in [5.41, 5.74) is 0.739. The minimum Gasteiger partial charge on any atom is -0.207 e. The quantitative estimate of drug-likeness (QED) is 0.641. The molecule has 96 valence electrons. The average Bonchev–Trinajstić information content (AvgIpc) is 2.24. The lowest BCUT2D eigenvalue weighted by molar-refractivity contribution is 0.258. The molecule has 0 aliphatic carbocycles. The zero-order valence-corrected chi connectivity index (χ0v) is 13.0. The Kier molecular flexibility index (Phi) is 5.75. The van der Waals surface area contributed by atoms with Crippen LogP contribution in [0.3, 0.4) is 0 Å². The van der Waals surface area contributed by atoms with E-state index in [1.54, 1.807) is 6.07 Å². The second-order valence-electron chi connectivity index (χ2n) is 4.74. The van der Waals surface area contributed by atoms with E-state index < -0.39 is 0 Å². The van der Waals surface area contributed by atoms with Crippen molar-refractivity contribution < 1.29 is 4.39 Å². The van der Waals surface area contributed by atoms with Gasteiger partial charge < -0.3 is 0 Å². The normalized spacial score (nSPS) is 12.2. The first-order valence-electron chi connectivity index (χ1n) is 5.50. The minimum atomic E-state index is -0.240. The Morgan fingerprint density at radius 2 is 1.82 bits per heavy atom. The van der Waals surface area contributed by atoms with Crippen LogP contribution in [0.1, 0.15) is 19.4 Å². The molecule has 0 unspecified atom stereocenters. The molecule has 1 rings (SSSR count). The van der Waals surface area contributed by atoms with Gasteiger partial charge in [-0.25, -0.2) is 4.39 Å². The molecule has 0 saturated heterocycles. The molecule has 0 aliphatic rings. The topological polar surface area (TPSA) is 0 Å². The summed E-state index contributed by atoms with van der Waals surface area (Å²) in [6.45, 7) is 4.19. The van der Waals surface area contributed by atoms with Crippen LogP contribution in [-0.4, -0.2) is 11.8 Å². The lowest BCUT2D eigenvalue weighted by Gasteiger charge is -2.34. The van der Waals surface area contributed by atoms with Gasteiger partial charge in [0.2, 0.25) is 0 Å². The van der Waals surface area contributed by atoms with E-state index in [-0.39, 0.29) is 11.2 Å². The molecule has 0 aromatic heterocycles. The molecule has 0 atom stereocenters. The Balaban J connectivity index is 3.01. The molecule has 0 N–H and O–H groups in total. The SMILES string of the molecule is CC(C)C(CCl)(CCl)Cc1cc(F)cc(Br)c1. The Bertz CT molecular complexity index is 355. The standard InChI is InChI=1S/C13H16BrCl2F/c1-9(2)13(7-15,8-16)6-10-3-11(14)5-12(17)4-10/h3-5,9H,6-8H2,1-2H3. The van der Waals surface area contributed by atoms with E-state index >= 15 is 0 Å². The van der Waals surface area contributed by atoms with Crippen molar-refractivity contribution in [1.82, 2.24) is 0 Å². The minimum absolute atomic E-state index is 0.184. The molecule has 1 aromatic carbocycles. The highest BCUT2D eigenvalue weighted by atomic mass is 79.9. The van der Waals surface area contributed by atoms with Crippen LogP contribution in [0, 0.1) is 17.2 Å². The van der Waals surface area contributed by atoms with E-state index in [0.29, 0.717) is 24.1 Å². The molecule has 0 fully saturated rings. The molecule has 0 spiro atoms. The molecule has 17 heavy (non-hydrogen) atoms. The highest BCUT2D eigenvalue weighted by molar-refractivity contribution is 9.10. The summed E-state index contributed by atoms with van der Waals surface area (Å²) in [4.78, 5) is 0. The maximum absolute atomic E-state index is 13.3. The van der Waals surface area contributed by atoms with E-state index in [1.165, 1.54) is 6.07 Å². The van der Waals surface area contributed by atoms with Crippen LogP contribution >= 0.6 is 39.1 Å². The third-order valence-electron chi connectivity index (χ3n) is 3.24. The van der Waals surface area contributed by atoms with Crippen molar-refractivity contribution in [2.75, 3.05) is 11.8 Å². The van der Waals surface area contributed by atoms with Crippen molar-refractivity contribution in [2.45, 2.75) is 20.3 Å². The second-order valence-corrected chi connectivity index (χ2v) is 6.19. The molecule has 0 radical (unpaired) electrons. The molecular weight excluding hydrogens is 326 g/mol. The Morgan fingerprint density at radius 3 is 2.24 bits per heavy atom. The summed E-state index contributed by atoms with van der Waals surface area (Å²) in [5, 5.41) is 0. The number of rotatable bonds is 5. The number of alkyl halides is 2. The first kappa shape index (κ1) is 15.3. The lowest BCUT2D eigenvalue weighted by Crippen LogP contribution is -2.34. The summed E-state index contributed by atoms with van der Waals surface area (Å²) in [7, 11) is 0. The van der Waals surface area contributed by atoms with Crippen molar-refractivity contribution in [3.8, 4) is 0 Å². The van der Waals surface area contributed by atoms with Crippen LogP contribution in [0.2, 0.25) is 0 Å². The predicted octanol–water partition coefficient (Wildman–Crippen LogP) is 5.25. The number of benzene rings is 1. The Hall–Kier alpha value is 0.210. The van der Waals surface area contributed by atoms with Crippen LogP contribution in [0.25, 0.3) is 0 Å². The van der Waals surface area contributed by atoms with Crippen LogP contribution in [-0.2, 0) is 6.42 Å². The van der Waals surface area contributed by atoms with Gasteiger partial charge in [0.1, 0.15) is 5.82 Å². The van der Waals surface area contributed by atoms with E-state index in [9.17, 15) is 4.39 Å². The molecule has 0 amide bonds. The van der Waals surface area contributed by atoms with Gasteiger partial charge in [0.05, 0.1) is 0 Å². The Labute approximate surface area is 121 Å². The molecule has 0 bridgehead atoms. The van der Waals surface area contributed by atoms with Crippen LogP contribution in [0.5, 0.6) is 0 Å². The molecule has 0 saturated carbocycles. The zero-order chi connectivity index (χ0) is 13.1. The third kappa shape index (κ3) is 3.84. The third-order valence-corrected chi connectivity index (χ3v) is 4.76. The van der Waals surface area contributed by atoms with Gasteiger partial charge in [-0.15, -0.1) is 23.2 Å². The van der Waals surface area contributed by atoms with Gasteiger partial charge >= 0.3 is 0 Å². The number of halogens is 4. The van der Waals surface area contributed by atoms with Crippen molar-refractivity contribution in [3.63, 3.8) is 0 Å². The van der Waals surface area contributed by atoms with E-state index in [1.807, 2.05) is 6.07 Å². The van der Waals surface area contributed by atoms with Gasteiger partial charge in [-0.2, -0.15) is 0 Å². The fourth-order valence-electron chi connectivity index (χ4n) is 1.76. The first-order chi connectivity index (χ1) is 7.93. The van der Waals surface area contributed by atoms with E-state index in [0.717, 1.165) is 10.0 Å². The van der Waals surface area contributed by atoms with Crippen LogP contribution in [0.4, 0.5) is 4.39 Å². The highest BCUT2D eigenvalue weighted by Gasteiger charge is 2.32. The fraction of sp³-hybridized carbons (Fsp3) is 0.538. The number of hydrogen-bond acceptors (Lipinski definition) is 0.